The highest BCUT2D eigenvalue weighted by Gasteiger charge is 2.36. The van der Waals surface area contributed by atoms with Crippen LogP contribution in [-0.4, -0.2) is 0 Å². The van der Waals surface area contributed by atoms with Gasteiger partial charge in [-0.15, -0.1) is 0 Å². The molecule has 0 aliphatic heterocycles. The molecule has 0 nitrogen and oxygen atoms in total. The summed E-state index contributed by atoms with van der Waals surface area (Å²) in [6, 6.07) is 0. The largest absolute Gasteiger partial charge is 0.0847 e. The van der Waals surface area contributed by atoms with Gasteiger partial charge in [0.15, 0.2) is 0 Å². The average molecular weight is 244 g/mol. The molecule has 18 heavy (non-hydrogen) atoms. The van der Waals surface area contributed by atoms with Crippen LogP contribution >= 0.6 is 0 Å². The van der Waals surface area contributed by atoms with Gasteiger partial charge in [0.05, 0.1) is 0 Å². The first-order chi connectivity index (χ1) is 8.63. The van der Waals surface area contributed by atoms with Gasteiger partial charge in [-0.3, -0.25) is 0 Å². The molecule has 0 saturated heterocycles. The van der Waals surface area contributed by atoms with Crippen LogP contribution in [-0.2, 0) is 0 Å². The van der Waals surface area contributed by atoms with Crippen molar-refractivity contribution in [3.8, 4) is 0 Å². The van der Waals surface area contributed by atoms with E-state index in [-0.39, 0.29) is 0 Å². The minimum Gasteiger partial charge on any atom is -0.0847 e. The Kier molecular flexibility index (Phi) is 4.48. The standard InChI is InChI=1S/C18H28/c1-15(2)14-18(3,17-12-8-9-13-17)16-10-6-4-5-7-11-16/h8-10,12-13,15,17H,4-7,11,14H2,1-3H3. The SMILES string of the molecule is CC(C)CC(C)(C1=CCCCCC1)C1C=CC=C1. The second kappa shape index (κ2) is 5.91. The first-order valence-corrected chi connectivity index (χ1v) is 7.67. The van der Waals surface area contributed by atoms with Crippen LogP contribution in [0.1, 0.15) is 59.3 Å². The monoisotopic (exact) mass is 244 g/mol. The van der Waals surface area contributed by atoms with Gasteiger partial charge in [-0.2, -0.15) is 0 Å². The number of hydrogen-bond acceptors (Lipinski definition) is 0. The third kappa shape index (κ3) is 2.96. The van der Waals surface area contributed by atoms with Gasteiger partial charge in [0.1, 0.15) is 0 Å². The Morgan fingerprint density at radius 3 is 2.56 bits per heavy atom. The van der Waals surface area contributed by atoms with Crippen LogP contribution in [0, 0.1) is 17.3 Å². The van der Waals surface area contributed by atoms with Crippen molar-refractivity contribution >= 4 is 0 Å². The third-order valence-electron chi connectivity index (χ3n) is 4.59. The van der Waals surface area contributed by atoms with E-state index in [9.17, 15) is 0 Å². The molecule has 2 aliphatic carbocycles. The Morgan fingerprint density at radius 1 is 1.17 bits per heavy atom. The fraction of sp³-hybridized carbons (Fsp3) is 0.667. The molecular formula is C18H28. The van der Waals surface area contributed by atoms with E-state index in [0.29, 0.717) is 11.3 Å². The highest BCUT2D eigenvalue weighted by atomic mass is 14.4. The zero-order valence-corrected chi connectivity index (χ0v) is 12.3. The maximum absolute atomic E-state index is 2.56. The predicted molar refractivity (Wildman–Crippen MR) is 80.5 cm³/mol. The second-order valence-electron chi connectivity index (χ2n) is 6.64. The Morgan fingerprint density at radius 2 is 1.89 bits per heavy atom. The summed E-state index contributed by atoms with van der Waals surface area (Å²) in [6.45, 7) is 7.21. The van der Waals surface area contributed by atoms with Crippen molar-refractivity contribution < 1.29 is 0 Å². The summed E-state index contributed by atoms with van der Waals surface area (Å²) >= 11 is 0. The molecule has 0 aromatic heterocycles. The molecule has 1 atom stereocenters. The van der Waals surface area contributed by atoms with Gasteiger partial charge in [0.25, 0.3) is 0 Å². The Bertz CT molecular complexity index is 344. The minimum atomic E-state index is 0.349. The molecule has 2 aliphatic rings. The van der Waals surface area contributed by atoms with E-state index in [4.69, 9.17) is 0 Å². The zero-order valence-electron chi connectivity index (χ0n) is 12.3. The molecule has 0 N–H and O–H groups in total. The molecule has 0 bridgehead atoms. The highest BCUT2D eigenvalue weighted by molar-refractivity contribution is 5.28. The molecule has 0 aromatic rings. The lowest BCUT2D eigenvalue weighted by Gasteiger charge is -2.38. The van der Waals surface area contributed by atoms with E-state index in [1.165, 1.54) is 38.5 Å². The van der Waals surface area contributed by atoms with Gasteiger partial charge in [-0.25, -0.2) is 0 Å². The van der Waals surface area contributed by atoms with Gasteiger partial charge < -0.3 is 0 Å². The maximum atomic E-state index is 2.56. The molecular weight excluding hydrogens is 216 g/mol. The summed E-state index contributed by atoms with van der Waals surface area (Å²) in [6.07, 6.45) is 19.9. The van der Waals surface area contributed by atoms with E-state index >= 15 is 0 Å². The molecule has 0 heteroatoms. The quantitative estimate of drug-likeness (QED) is 0.559. The van der Waals surface area contributed by atoms with Crippen LogP contribution in [0.25, 0.3) is 0 Å². The van der Waals surface area contributed by atoms with Crippen molar-refractivity contribution in [3.63, 3.8) is 0 Å². The zero-order chi connectivity index (χ0) is 13.0. The van der Waals surface area contributed by atoms with Gasteiger partial charge in [-0.1, -0.05) is 63.1 Å². The lowest BCUT2D eigenvalue weighted by atomic mass is 9.66. The molecule has 0 heterocycles. The second-order valence-corrected chi connectivity index (χ2v) is 6.64. The molecule has 0 radical (unpaired) electrons. The van der Waals surface area contributed by atoms with Crippen LogP contribution in [0.2, 0.25) is 0 Å². The van der Waals surface area contributed by atoms with E-state index in [0.717, 1.165) is 5.92 Å². The fourth-order valence-electron chi connectivity index (χ4n) is 3.72. The molecule has 0 saturated carbocycles. The summed E-state index contributed by atoms with van der Waals surface area (Å²) in [5.74, 6) is 1.38. The lowest BCUT2D eigenvalue weighted by molar-refractivity contribution is 0.258. The molecule has 0 amide bonds. The number of hydrogen-bond donors (Lipinski definition) is 0. The van der Waals surface area contributed by atoms with Crippen molar-refractivity contribution in [2.24, 2.45) is 17.3 Å². The third-order valence-corrected chi connectivity index (χ3v) is 4.59. The van der Waals surface area contributed by atoms with Gasteiger partial charge >= 0.3 is 0 Å². The van der Waals surface area contributed by atoms with Crippen molar-refractivity contribution in [2.75, 3.05) is 0 Å². The average Bonchev–Trinajstić information content (AvgIpc) is 2.71. The Labute approximate surface area is 113 Å². The van der Waals surface area contributed by atoms with Crippen molar-refractivity contribution in [1.82, 2.24) is 0 Å². The van der Waals surface area contributed by atoms with E-state index in [1.807, 2.05) is 0 Å². The molecule has 0 aromatic carbocycles. The first-order valence-electron chi connectivity index (χ1n) is 7.67. The predicted octanol–water partition coefficient (Wildman–Crippen LogP) is 5.67. The highest BCUT2D eigenvalue weighted by Crippen LogP contribution is 2.46. The maximum Gasteiger partial charge on any atom is 0.00440 e. The summed E-state index contributed by atoms with van der Waals surface area (Å²) in [5, 5.41) is 0. The van der Waals surface area contributed by atoms with Crippen LogP contribution in [0.15, 0.2) is 36.0 Å². The van der Waals surface area contributed by atoms with Crippen molar-refractivity contribution in [2.45, 2.75) is 59.3 Å². The van der Waals surface area contributed by atoms with Crippen molar-refractivity contribution in [3.05, 3.63) is 36.0 Å². The summed E-state index contributed by atoms with van der Waals surface area (Å²) in [7, 11) is 0. The van der Waals surface area contributed by atoms with E-state index in [1.54, 1.807) is 5.57 Å². The van der Waals surface area contributed by atoms with Gasteiger partial charge in [0.2, 0.25) is 0 Å². The number of allylic oxidation sites excluding steroid dienone is 6. The van der Waals surface area contributed by atoms with Crippen molar-refractivity contribution in [1.29, 1.82) is 0 Å². The van der Waals surface area contributed by atoms with Crippen LogP contribution < -0.4 is 0 Å². The summed E-state index contributed by atoms with van der Waals surface area (Å²) in [5.41, 5.74) is 2.08. The first kappa shape index (κ1) is 13.6. The van der Waals surface area contributed by atoms with E-state index < -0.39 is 0 Å². The van der Waals surface area contributed by atoms with Crippen LogP contribution in [0.5, 0.6) is 0 Å². The minimum absolute atomic E-state index is 0.349. The van der Waals surface area contributed by atoms with E-state index in [2.05, 4.69) is 51.2 Å². The summed E-state index contributed by atoms with van der Waals surface area (Å²) < 4.78 is 0. The Balaban J connectivity index is 2.25. The number of rotatable bonds is 4. The van der Waals surface area contributed by atoms with Crippen LogP contribution in [0.3, 0.4) is 0 Å². The normalized spacial score (nSPS) is 24.1. The van der Waals surface area contributed by atoms with Crippen LogP contribution in [0.4, 0.5) is 0 Å². The fourth-order valence-corrected chi connectivity index (χ4v) is 3.72. The molecule has 1 unspecified atom stereocenters. The molecule has 100 valence electrons. The smallest absolute Gasteiger partial charge is 0.00440 e. The Hall–Kier alpha value is -0.780. The molecule has 0 fully saturated rings. The lowest BCUT2D eigenvalue weighted by Crippen LogP contribution is -2.28. The molecule has 0 spiro atoms. The topological polar surface area (TPSA) is 0 Å². The molecule has 2 rings (SSSR count). The van der Waals surface area contributed by atoms with Gasteiger partial charge in [-0.05, 0) is 43.4 Å². The summed E-state index contributed by atoms with van der Waals surface area (Å²) in [4.78, 5) is 0. The van der Waals surface area contributed by atoms with Gasteiger partial charge in [0, 0.05) is 5.92 Å².